The fourth-order valence-electron chi connectivity index (χ4n) is 1.58. The Kier molecular flexibility index (Phi) is 4.43. The normalized spacial score (nSPS) is 10.4. The zero-order valence-electron chi connectivity index (χ0n) is 10.3. The molecule has 0 unspecified atom stereocenters. The van der Waals surface area contributed by atoms with Crippen LogP contribution < -0.4 is 5.32 Å². The van der Waals surface area contributed by atoms with Crippen LogP contribution >= 0.6 is 11.3 Å². The average molecular weight is 279 g/mol. The van der Waals surface area contributed by atoms with Crippen molar-refractivity contribution in [2.45, 2.75) is 0 Å². The molecule has 6 nitrogen and oxygen atoms in total. The first-order valence-corrected chi connectivity index (χ1v) is 6.46. The van der Waals surface area contributed by atoms with Gasteiger partial charge in [-0.05, 0) is 6.07 Å². The van der Waals surface area contributed by atoms with E-state index in [2.05, 4.69) is 10.3 Å². The topological polar surface area (TPSA) is 77.3 Å². The van der Waals surface area contributed by atoms with Crippen molar-refractivity contribution in [3.05, 3.63) is 40.6 Å². The predicted molar refractivity (Wildman–Crippen MR) is 74.6 cm³/mol. The van der Waals surface area contributed by atoms with Crippen LogP contribution in [0.1, 0.15) is 0 Å². The molecule has 0 amide bonds. The standard InChI is InChI=1S/C12H13N3O3S/c1-18-7-6-13-12-14-8-11(19-12)9-4-2-3-5-10(9)15(16)17/h2-5,8H,6-7H2,1H3,(H,13,14). The van der Waals surface area contributed by atoms with Crippen molar-refractivity contribution >= 4 is 22.2 Å². The molecule has 100 valence electrons. The van der Waals surface area contributed by atoms with Crippen LogP contribution in [0.4, 0.5) is 10.8 Å². The average Bonchev–Trinajstić information content (AvgIpc) is 2.88. The van der Waals surface area contributed by atoms with Gasteiger partial charge in [0.05, 0.1) is 22.0 Å². The summed E-state index contributed by atoms with van der Waals surface area (Å²) < 4.78 is 4.93. The van der Waals surface area contributed by atoms with Gasteiger partial charge in [0.2, 0.25) is 0 Å². The number of nitro groups is 1. The van der Waals surface area contributed by atoms with Gasteiger partial charge in [-0.25, -0.2) is 4.98 Å². The highest BCUT2D eigenvalue weighted by Gasteiger charge is 2.16. The number of hydrogen-bond donors (Lipinski definition) is 1. The van der Waals surface area contributed by atoms with Crippen LogP contribution in [-0.2, 0) is 4.74 Å². The number of aromatic nitrogens is 1. The van der Waals surface area contributed by atoms with E-state index in [4.69, 9.17) is 4.74 Å². The summed E-state index contributed by atoms with van der Waals surface area (Å²) in [7, 11) is 1.63. The lowest BCUT2D eigenvalue weighted by molar-refractivity contribution is -0.384. The van der Waals surface area contributed by atoms with E-state index in [0.29, 0.717) is 18.7 Å². The van der Waals surface area contributed by atoms with E-state index in [1.807, 2.05) is 0 Å². The molecule has 1 N–H and O–H groups in total. The molecule has 0 bridgehead atoms. The number of benzene rings is 1. The zero-order chi connectivity index (χ0) is 13.7. The summed E-state index contributed by atoms with van der Waals surface area (Å²) in [6.07, 6.45) is 1.64. The minimum atomic E-state index is -0.382. The first-order valence-electron chi connectivity index (χ1n) is 5.65. The number of methoxy groups -OCH3 is 1. The Morgan fingerprint density at radius 1 is 1.47 bits per heavy atom. The molecule has 2 aromatic rings. The van der Waals surface area contributed by atoms with Crippen LogP contribution in [0, 0.1) is 10.1 Å². The van der Waals surface area contributed by atoms with E-state index in [0.717, 1.165) is 10.0 Å². The Morgan fingerprint density at radius 2 is 2.26 bits per heavy atom. The Labute approximate surface area is 114 Å². The minimum absolute atomic E-state index is 0.0922. The molecule has 1 heterocycles. The minimum Gasteiger partial charge on any atom is -0.383 e. The SMILES string of the molecule is COCCNc1ncc(-c2ccccc2[N+](=O)[O-])s1. The maximum atomic E-state index is 11.0. The van der Waals surface area contributed by atoms with Crippen LogP contribution in [0.2, 0.25) is 0 Å². The second-order valence-electron chi connectivity index (χ2n) is 3.72. The third-order valence-electron chi connectivity index (χ3n) is 2.45. The molecule has 2 rings (SSSR count). The number of thiazole rings is 1. The van der Waals surface area contributed by atoms with Crippen LogP contribution in [0.25, 0.3) is 10.4 Å². The van der Waals surface area contributed by atoms with Crippen LogP contribution in [0.3, 0.4) is 0 Å². The molecular weight excluding hydrogens is 266 g/mol. The maximum Gasteiger partial charge on any atom is 0.278 e. The Balaban J connectivity index is 2.21. The summed E-state index contributed by atoms with van der Waals surface area (Å²) in [4.78, 5) is 15.6. The van der Waals surface area contributed by atoms with Crippen molar-refractivity contribution in [1.29, 1.82) is 0 Å². The number of rotatable bonds is 6. The van der Waals surface area contributed by atoms with E-state index in [1.54, 1.807) is 31.5 Å². The van der Waals surface area contributed by atoms with Crippen molar-refractivity contribution < 1.29 is 9.66 Å². The number of nitro benzene ring substituents is 1. The molecule has 0 radical (unpaired) electrons. The van der Waals surface area contributed by atoms with E-state index < -0.39 is 0 Å². The van der Waals surface area contributed by atoms with Gasteiger partial charge in [0, 0.05) is 25.9 Å². The molecule has 0 saturated carbocycles. The zero-order valence-corrected chi connectivity index (χ0v) is 11.1. The Hall–Kier alpha value is -1.99. The highest BCUT2D eigenvalue weighted by molar-refractivity contribution is 7.18. The fraction of sp³-hybridized carbons (Fsp3) is 0.250. The Bertz CT molecular complexity index is 571. The van der Waals surface area contributed by atoms with Gasteiger partial charge < -0.3 is 10.1 Å². The molecule has 19 heavy (non-hydrogen) atoms. The predicted octanol–water partition coefficient (Wildman–Crippen LogP) is 2.78. The molecule has 1 aromatic heterocycles. The molecule has 0 aliphatic rings. The van der Waals surface area contributed by atoms with Gasteiger partial charge in [0.1, 0.15) is 0 Å². The lowest BCUT2D eigenvalue weighted by atomic mass is 10.1. The van der Waals surface area contributed by atoms with E-state index in [9.17, 15) is 10.1 Å². The summed E-state index contributed by atoms with van der Waals surface area (Å²) in [6, 6.07) is 6.65. The Morgan fingerprint density at radius 3 is 3.00 bits per heavy atom. The fourth-order valence-corrected chi connectivity index (χ4v) is 2.46. The molecule has 0 spiro atoms. The van der Waals surface area contributed by atoms with Crippen molar-refractivity contribution in [3.63, 3.8) is 0 Å². The third-order valence-corrected chi connectivity index (χ3v) is 3.44. The molecular formula is C12H13N3O3S. The highest BCUT2D eigenvalue weighted by Crippen LogP contribution is 2.34. The second kappa shape index (κ2) is 6.26. The van der Waals surface area contributed by atoms with Gasteiger partial charge >= 0.3 is 0 Å². The van der Waals surface area contributed by atoms with Gasteiger partial charge in [-0.1, -0.05) is 23.5 Å². The third kappa shape index (κ3) is 3.27. The molecule has 0 aliphatic carbocycles. The molecule has 1 aromatic carbocycles. The number of nitrogens with zero attached hydrogens (tertiary/aromatic N) is 2. The van der Waals surface area contributed by atoms with Crippen molar-refractivity contribution in [1.82, 2.24) is 4.98 Å². The number of para-hydroxylation sites is 1. The van der Waals surface area contributed by atoms with Gasteiger partial charge in [-0.3, -0.25) is 10.1 Å². The molecule has 0 saturated heterocycles. The first kappa shape index (κ1) is 13.4. The number of hydrogen-bond acceptors (Lipinski definition) is 6. The van der Waals surface area contributed by atoms with Gasteiger partial charge in [-0.2, -0.15) is 0 Å². The molecule has 0 fully saturated rings. The smallest absolute Gasteiger partial charge is 0.278 e. The monoisotopic (exact) mass is 279 g/mol. The second-order valence-corrected chi connectivity index (χ2v) is 4.75. The largest absolute Gasteiger partial charge is 0.383 e. The van der Waals surface area contributed by atoms with Crippen LogP contribution in [0.15, 0.2) is 30.5 Å². The van der Waals surface area contributed by atoms with Gasteiger partial charge in [0.25, 0.3) is 5.69 Å². The quantitative estimate of drug-likeness (QED) is 0.500. The van der Waals surface area contributed by atoms with Crippen molar-refractivity contribution in [2.24, 2.45) is 0 Å². The van der Waals surface area contributed by atoms with E-state index >= 15 is 0 Å². The summed E-state index contributed by atoms with van der Waals surface area (Å²) in [5, 5.41) is 14.8. The van der Waals surface area contributed by atoms with Crippen molar-refractivity contribution in [3.8, 4) is 10.4 Å². The highest BCUT2D eigenvalue weighted by atomic mass is 32.1. The lowest BCUT2D eigenvalue weighted by Gasteiger charge is -2.00. The molecule has 7 heteroatoms. The summed E-state index contributed by atoms with van der Waals surface area (Å²) in [6.45, 7) is 1.24. The van der Waals surface area contributed by atoms with Crippen LogP contribution in [-0.4, -0.2) is 30.2 Å². The maximum absolute atomic E-state index is 11.0. The van der Waals surface area contributed by atoms with Gasteiger partial charge in [-0.15, -0.1) is 0 Å². The number of nitrogens with one attached hydrogen (secondary N) is 1. The summed E-state index contributed by atoms with van der Waals surface area (Å²) >= 11 is 1.39. The molecule has 0 atom stereocenters. The van der Waals surface area contributed by atoms with Crippen molar-refractivity contribution in [2.75, 3.05) is 25.6 Å². The summed E-state index contributed by atoms with van der Waals surface area (Å²) in [5.74, 6) is 0. The van der Waals surface area contributed by atoms with Gasteiger partial charge in [0.15, 0.2) is 5.13 Å². The van der Waals surface area contributed by atoms with Crippen LogP contribution in [0.5, 0.6) is 0 Å². The van der Waals surface area contributed by atoms with E-state index in [-0.39, 0.29) is 10.6 Å². The first-order chi connectivity index (χ1) is 9.22. The lowest BCUT2D eigenvalue weighted by Crippen LogP contribution is -2.06. The van der Waals surface area contributed by atoms with E-state index in [1.165, 1.54) is 17.4 Å². The number of anilines is 1. The summed E-state index contributed by atoms with van der Waals surface area (Å²) in [5.41, 5.74) is 0.680. The number of ether oxygens (including phenoxy) is 1. The molecule has 0 aliphatic heterocycles.